The number of hydrogen-bond acceptors (Lipinski definition) is 5. The van der Waals surface area contributed by atoms with E-state index in [1.54, 1.807) is 6.07 Å². The summed E-state index contributed by atoms with van der Waals surface area (Å²) >= 11 is 3.20. The van der Waals surface area contributed by atoms with Crippen molar-refractivity contribution in [1.82, 2.24) is 0 Å². The minimum atomic E-state index is -4.74. The number of benzene rings is 2. The Hall–Kier alpha value is -2.33. The summed E-state index contributed by atoms with van der Waals surface area (Å²) in [5.41, 5.74) is 0.304. The molecule has 0 atom stereocenters. The first kappa shape index (κ1) is 20.0. The summed E-state index contributed by atoms with van der Waals surface area (Å²) in [5.74, 6) is -4.87. The molecule has 0 heterocycles. The van der Waals surface area contributed by atoms with Crippen LogP contribution in [0.15, 0.2) is 51.8 Å². The number of alkyl halides is 2. The van der Waals surface area contributed by atoms with Crippen LogP contribution in [0, 0.1) is 0 Å². The molecule has 0 fully saturated rings. The Balaban J connectivity index is 2.28. The van der Waals surface area contributed by atoms with Crippen LogP contribution in [0.25, 0.3) is 0 Å². The van der Waals surface area contributed by atoms with Gasteiger partial charge in [0.2, 0.25) is 9.84 Å². The number of carbonyl (C=O) groups excluding carboxylic acids is 2. The molecule has 0 unspecified atom stereocenters. The third-order valence-corrected chi connectivity index (χ3v) is 5.21. The van der Waals surface area contributed by atoms with Crippen LogP contribution >= 0.6 is 15.9 Å². The summed E-state index contributed by atoms with van der Waals surface area (Å²) in [4.78, 5) is 23.5. The SMILES string of the molecule is COC(=O)c1cc(Br)ccc1NC(=O)c1ccc(S(=O)(=O)C(F)F)cc1. The maximum absolute atomic E-state index is 12.5. The number of ether oxygens (including phenoxy) is 1. The molecule has 0 aliphatic heterocycles. The van der Waals surface area contributed by atoms with Crippen LogP contribution in [0.2, 0.25) is 0 Å². The average Bonchev–Trinajstić information content (AvgIpc) is 2.62. The Kier molecular flexibility index (Phi) is 6.09. The van der Waals surface area contributed by atoms with Gasteiger partial charge in [0.05, 0.1) is 23.3 Å². The number of esters is 1. The van der Waals surface area contributed by atoms with Gasteiger partial charge in [0, 0.05) is 10.0 Å². The summed E-state index contributed by atoms with van der Waals surface area (Å²) in [5, 5.41) is 2.49. The first-order valence-electron chi connectivity index (χ1n) is 6.98. The van der Waals surface area contributed by atoms with E-state index >= 15 is 0 Å². The maximum Gasteiger partial charge on any atom is 0.341 e. The molecule has 138 valence electrons. The topological polar surface area (TPSA) is 89.5 Å². The average molecular weight is 448 g/mol. The molecular formula is C16H12BrF2NO5S. The van der Waals surface area contributed by atoms with Crippen LogP contribution in [0.4, 0.5) is 14.5 Å². The van der Waals surface area contributed by atoms with Gasteiger partial charge in [-0.1, -0.05) is 15.9 Å². The van der Waals surface area contributed by atoms with Gasteiger partial charge in [-0.3, -0.25) is 4.79 Å². The molecule has 2 rings (SSSR count). The molecule has 0 aromatic heterocycles. The highest BCUT2D eigenvalue weighted by atomic mass is 79.9. The normalized spacial score (nSPS) is 11.3. The molecule has 2 aromatic carbocycles. The summed E-state index contributed by atoms with van der Waals surface area (Å²) in [7, 11) is -3.54. The molecule has 0 saturated heterocycles. The van der Waals surface area contributed by atoms with Gasteiger partial charge in [-0.2, -0.15) is 8.78 Å². The number of sulfone groups is 1. The molecule has 2 aromatic rings. The highest BCUT2D eigenvalue weighted by molar-refractivity contribution is 9.10. The predicted molar refractivity (Wildman–Crippen MR) is 93.1 cm³/mol. The number of halogens is 3. The second-order valence-electron chi connectivity index (χ2n) is 4.97. The third-order valence-electron chi connectivity index (χ3n) is 3.31. The summed E-state index contributed by atoms with van der Waals surface area (Å²) in [6, 6.07) is 8.56. The molecule has 6 nitrogen and oxygen atoms in total. The number of nitrogens with one attached hydrogen (secondary N) is 1. The van der Waals surface area contributed by atoms with E-state index in [1.807, 2.05) is 0 Å². The lowest BCUT2D eigenvalue weighted by Gasteiger charge is -2.11. The highest BCUT2D eigenvalue weighted by Crippen LogP contribution is 2.23. The van der Waals surface area contributed by atoms with Crippen molar-refractivity contribution >= 4 is 43.3 Å². The van der Waals surface area contributed by atoms with E-state index in [2.05, 4.69) is 26.0 Å². The number of amides is 1. The van der Waals surface area contributed by atoms with E-state index in [9.17, 15) is 26.8 Å². The largest absolute Gasteiger partial charge is 0.465 e. The quantitative estimate of drug-likeness (QED) is 0.708. The number of anilines is 1. The van der Waals surface area contributed by atoms with E-state index in [0.29, 0.717) is 4.47 Å². The molecule has 0 aliphatic rings. The van der Waals surface area contributed by atoms with Crippen molar-refractivity contribution < 1.29 is 31.5 Å². The van der Waals surface area contributed by atoms with Crippen molar-refractivity contribution in [3.8, 4) is 0 Å². The van der Waals surface area contributed by atoms with Gasteiger partial charge in [0.15, 0.2) is 0 Å². The molecule has 0 bridgehead atoms. The molecule has 26 heavy (non-hydrogen) atoms. The van der Waals surface area contributed by atoms with Crippen LogP contribution in [0.3, 0.4) is 0 Å². The smallest absolute Gasteiger partial charge is 0.341 e. The lowest BCUT2D eigenvalue weighted by Crippen LogP contribution is -2.16. The fourth-order valence-electron chi connectivity index (χ4n) is 2.00. The maximum atomic E-state index is 12.5. The van der Waals surface area contributed by atoms with Gasteiger partial charge >= 0.3 is 11.7 Å². The van der Waals surface area contributed by atoms with Crippen LogP contribution < -0.4 is 5.32 Å². The summed E-state index contributed by atoms with van der Waals surface area (Å²) in [6.07, 6.45) is 0. The zero-order valence-electron chi connectivity index (χ0n) is 13.2. The molecular weight excluding hydrogens is 436 g/mol. The van der Waals surface area contributed by atoms with Gasteiger partial charge in [-0.15, -0.1) is 0 Å². The number of carbonyl (C=O) groups is 2. The minimum Gasteiger partial charge on any atom is -0.465 e. The van der Waals surface area contributed by atoms with Gasteiger partial charge in [0.25, 0.3) is 5.91 Å². The Bertz CT molecular complexity index is 946. The zero-order valence-corrected chi connectivity index (χ0v) is 15.6. The first-order chi connectivity index (χ1) is 12.2. The fourth-order valence-corrected chi connectivity index (χ4v) is 3.08. The lowest BCUT2D eigenvalue weighted by atomic mass is 10.1. The van der Waals surface area contributed by atoms with Crippen LogP contribution in [0.5, 0.6) is 0 Å². The van der Waals surface area contributed by atoms with E-state index < -0.39 is 32.4 Å². The Morgan fingerprint density at radius 3 is 2.27 bits per heavy atom. The second kappa shape index (κ2) is 7.92. The lowest BCUT2D eigenvalue weighted by molar-refractivity contribution is 0.0602. The molecule has 1 N–H and O–H groups in total. The van der Waals surface area contributed by atoms with E-state index in [1.165, 1.54) is 19.2 Å². The summed E-state index contributed by atoms with van der Waals surface area (Å²) in [6.45, 7) is 0. The van der Waals surface area contributed by atoms with Gasteiger partial charge in [0.1, 0.15) is 0 Å². The van der Waals surface area contributed by atoms with Gasteiger partial charge in [-0.05, 0) is 42.5 Å². The van der Waals surface area contributed by atoms with E-state index in [-0.39, 0.29) is 16.8 Å². The zero-order chi connectivity index (χ0) is 19.5. The second-order valence-corrected chi connectivity index (χ2v) is 7.80. The van der Waals surface area contributed by atoms with Crippen molar-refractivity contribution in [2.24, 2.45) is 0 Å². The highest BCUT2D eigenvalue weighted by Gasteiger charge is 2.26. The Morgan fingerprint density at radius 1 is 1.12 bits per heavy atom. The third kappa shape index (κ3) is 4.25. The fraction of sp³-hybridized carbons (Fsp3) is 0.125. The van der Waals surface area contributed by atoms with Gasteiger partial charge in [-0.25, -0.2) is 13.2 Å². The van der Waals surface area contributed by atoms with E-state index in [0.717, 1.165) is 24.3 Å². The molecule has 1 amide bonds. The van der Waals surface area contributed by atoms with Crippen LogP contribution in [-0.4, -0.2) is 33.2 Å². The molecule has 0 saturated carbocycles. The molecule has 0 spiro atoms. The van der Waals surface area contributed by atoms with Crippen LogP contribution in [0.1, 0.15) is 20.7 Å². The minimum absolute atomic E-state index is 0.0250. The van der Waals surface area contributed by atoms with Crippen molar-refractivity contribution in [2.45, 2.75) is 10.7 Å². The van der Waals surface area contributed by atoms with Crippen molar-refractivity contribution in [1.29, 1.82) is 0 Å². The van der Waals surface area contributed by atoms with Crippen LogP contribution in [-0.2, 0) is 14.6 Å². The molecule has 0 aliphatic carbocycles. The number of methoxy groups -OCH3 is 1. The van der Waals surface area contributed by atoms with Crippen molar-refractivity contribution in [3.05, 3.63) is 58.1 Å². The number of rotatable bonds is 5. The first-order valence-corrected chi connectivity index (χ1v) is 9.32. The number of hydrogen-bond donors (Lipinski definition) is 1. The van der Waals surface area contributed by atoms with Gasteiger partial charge < -0.3 is 10.1 Å². The van der Waals surface area contributed by atoms with Crippen molar-refractivity contribution in [2.75, 3.05) is 12.4 Å². The Labute approximate surface area is 156 Å². The molecule has 10 heteroatoms. The Morgan fingerprint density at radius 2 is 1.73 bits per heavy atom. The predicted octanol–water partition coefficient (Wildman–Crippen LogP) is 3.48. The monoisotopic (exact) mass is 447 g/mol. The van der Waals surface area contributed by atoms with E-state index in [4.69, 9.17) is 0 Å². The summed E-state index contributed by atoms with van der Waals surface area (Å²) < 4.78 is 53.0. The molecule has 0 radical (unpaired) electrons. The standard InChI is InChI=1S/C16H12BrF2NO5S/c1-25-15(22)12-8-10(17)4-7-13(12)20-14(21)9-2-5-11(6-3-9)26(23,24)16(18)19/h2-8,16H,1H3,(H,20,21). The van der Waals surface area contributed by atoms with Crippen molar-refractivity contribution in [3.63, 3.8) is 0 Å².